The second-order valence-corrected chi connectivity index (χ2v) is 2.87. The van der Waals surface area contributed by atoms with Crippen LogP contribution in [0, 0.1) is 12.3 Å². The average molecular weight is 205 g/mol. The van der Waals surface area contributed by atoms with E-state index in [2.05, 4.69) is 10.5 Å². The van der Waals surface area contributed by atoms with Gasteiger partial charge in [0, 0.05) is 0 Å². The summed E-state index contributed by atoms with van der Waals surface area (Å²) < 4.78 is 0. The third-order valence-corrected chi connectivity index (χ3v) is 1.80. The topological polar surface area (TPSA) is 85.5 Å². The quantitative estimate of drug-likeness (QED) is 0.514. The first kappa shape index (κ1) is 10.9. The number of hydrogen-bond donors (Lipinski definition) is 3. The summed E-state index contributed by atoms with van der Waals surface area (Å²) in [6, 6.07) is 7.35. The maximum Gasteiger partial charge on any atom is 0.357 e. The maximum absolute atomic E-state index is 10.5. The molecule has 0 aliphatic rings. The average Bonchev–Trinajstić information content (AvgIpc) is 2.21. The molecule has 0 unspecified atom stereocenters. The van der Waals surface area contributed by atoms with E-state index in [9.17, 15) is 4.79 Å². The summed E-state index contributed by atoms with van der Waals surface area (Å²) in [7, 11) is 0. The Hall–Kier alpha value is -2.17. The third kappa shape index (κ3) is 2.91. The summed E-state index contributed by atoms with van der Waals surface area (Å²) >= 11 is 0. The van der Waals surface area contributed by atoms with Crippen molar-refractivity contribution in [2.75, 3.05) is 5.43 Å². The summed E-state index contributed by atoms with van der Waals surface area (Å²) in [4.78, 5) is 10.5. The van der Waals surface area contributed by atoms with Gasteiger partial charge in [-0.3, -0.25) is 5.43 Å². The molecule has 0 aromatic heterocycles. The number of aryl methyl sites for hydroxylation is 1. The summed E-state index contributed by atoms with van der Waals surface area (Å²) in [5.74, 6) is -1.23. The fourth-order valence-corrected chi connectivity index (χ4v) is 0.961. The van der Waals surface area contributed by atoms with E-state index < -0.39 is 5.97 Å². The summed E-state index contributed by atoms with van der Waals surface area (Å²) in [6.07, 6.45) is 0.688. The van der Waals surface area contributed by atoms with Gasteiger partial charge in [0.2, 0.25) is 0 Å². The molecule has 0 amide bonds. The Balaban J connectivity index is 2.83. The number of anilines is 1. The van der Waals surface area contributed by atoms with Crippen molar-refractivity contribution in [2.45, 2.75) is 6.92 Å². The second-order valence-electron chi connectivity index (χ2n) is 2.87. The van der Waals surface area contributed by atoms with Crippen LogP contribution in [0.4, 0.5) is 5.69 Å². The SMILES string of the molecule is Cc1ccccc1N/N=C(\C=N)C(=O)O. The number of carboxylic acid groups (broad SMARTS) is 1. The lowest BCUT2D eigenvalue weighted by Crippen LogP contribution is -2.15. The number of hydrogen-bond acceptors (Lipinski definition) is 4. The molecule has 0 bridgehead atoms. The number of nitrogens with one attached hydrogen (secondary N) is 2. The van der Waals surface area contributed by atoms with Gasteiger partial charge in [-0.25, -0.2) is 4.79 Å². The van der Waals surface area contributed by atoms with Crippen LogP contribution in [0.3, 0.4) is 0 Å². The van der Waals surface area contributed by atoms with Crippen LogP contribution in [0.1, 0.15) is 5.56 Å². The van der Waals surface area contributed by atoms with Crippen molar-refractivity contribution in [1.29, 1.82) is 5.41 Å². The first-order chi connectivity index (χ1) is 7.15. The zero-order valence-electron chi connectivity index (χ0n) is 8.19. The highest BCUT2D eigenvalue weighted by Crippen LogP contribution is 2.12. The molecule has 0 fully saturated rings. The molecule has 1 rings (SSSR count). The van der Waals surface area contributed by atoms with Crippen LogP contribution < -0.4 is 5.43 Å². The molecule has 0 radical (unpaired) electrons. The van der Waals surface area contributed by atoms with Crippen LogP contribution in [0.5, 0.6) is 0 Å². The molecule has 0 aliphatic heterocycles. The van der Waals surface area contributed by atoms with Gasteiger partial charge in [-0.05, 0) is 18.6 Å². The minimum atomic E-state index is -1.23. The van der Waals surface area contributed by atoms with Crippen LogP contribution in [-0.4, -0.2) is 23.0 Å². The van der Waals surface area contributed by atoms with Gasteiger partial charge in [0.15, 0.2) is 5.71 Å². The van der Waals surface area contributed by atoms with Gasteiger partial charge in [0.1, 0.15) is 0 Å². The molecule has 0 saturated heterocycles. The molecule has 0 saturated carbocycles. The molecule has 5 heteroatoms. The largest absolute Gasteiger partial charge is 0.476 e. The van der Waals surface area contributed by atoms with Crippen LogP contribution in [0.25, 0.3) is 0 Å². The van der Waals surface area contributed by atoms with Gasteiger partial charge < -0.3 is 10.5 Å². The lowest BCUT2D eigenvalue weighted by Gasteiger charge is -2.03. The number of benzene rings is 1. The van der Waals surface area contributed by atoms with Gasteiger partial charge in [0.25, 0.3) is 0 Å². The smallest absolute Gasteiger partial charge is 0.357 e. The molecule has 0 heterocycles. The van der Waals surface area contributed by atoms with Crippen LogP contribution in [-0.2, 0) is 4.79 Å². The van der Waals surface area contributed by atoms with E-state index in [-0.39, 0.29) is 5.71 Å². The molecule has 1 aromatic rings. The van der Waals surface area contributed by atoms with Gasteiger partial charge in [-0.2, -0.15) is 5.10 Å². The zero-order chi connectivity index (χ0) is 11.3. The van der Waals surface area contributed by atoms with Crippen LogP contribution in [0.15, 0.2) is 29.4 Å². The van der Waals surface area contributed by atoms with Crippen LogP contribution in [0.2, 0.25) is 0 Å². The summed E-state index contributed by atoms with van der Waals surface area (Å²) in [5.41, 5.74) is 3.94. The van der Waals surface area contributed by atoms with E-state index in [0.29, 0.717) is 6.21 Å². The lowest BCUT2D eigenvalue weighted by molar-refractivity contribution is -0.129. The molecule has 5 nitrogen and oxygen atoms in total. The highest BCUT2D eigenvalue weighted by molar-refractivity contribution is 6.58. The van der Waals surface area contributed by atoms with E-state index >= 15 is 0 Å². The van der Waals surface area contributed by atoms with E-state index in [4.69, 9.17) is 10.5 Å². The summed E-state index contributed by atoms with van der Waals surface area (Å²) in [6.45, 7) is 1.88. The Morgan fingerprint density at radius 1 is 1.53 bits per heavy atom. The normalized spacial score (nSPS) is 10.9. The highest BCUT2D eigenvalue weighted by atomic mass is 16.4. The standard InChI is InChI=1S/C10H11N3O2/c1-7-4-2-3-5-8(7)12-13-9(6-11)10(14)15/h2-6,11-12H,1H3,(H,14,15)/b11-6?,13-9+. The number of para-hydroxylation sites is 1. The number of carboxylic acids is 1. The van der Waals surface area contributed by atoms with Gasteiger partial charge in [-0.15, -0.1) is 0 Å². The lowest BCUT2D eigenvalue weighted by atomic mass is 10.2. The fourth-order valence-electron chi connectivity index (χ4n) is 0.961. The number of rotatable bonds is 4. The molecule has 15 heavy (non-hydrogen) atoms. The first-order valence-electron chi connectivity index (χ1n) is 4.28. The van der Waals surface area contributed by atoms with E-state index in [0.717, 1.165) is 11.3 Å². The van der Waals surface area contributed by atoms with Crippen molar-refractivity contribution in [3.05, 3.63) is 29.8 Å². The van der Waals surface area contributed by atoms with Crippen molar-refractivity contribution in [2.24, 2.45) is 5.10 Å². The molecule has 1 aromatic carbocycles. The second kappa shape index (κ2) is 4.90. The maximum atomic E-state index is 10.5. The predicted molar refractivity (Wildman–Crippen MR) is 58.7 cm³/mol. The molecule has 0 aliphatic carbocycles. The van der Waals surface area contributed by atoms with E-state index in [1.165, 1.54) is 0 Å². The Bertz CT molecular complexity index is 413. The molecule has 0 atom stereocenters. The fraction of sp³-hybridized carbons (Fsp3) is 0.100. The molecule has 0 spiro atoms. The molecule has 78 valence electrons. The summed E-state index contributed by atoms with van der Waals surface area (Å²) in [5, 5.41) is 19.0. The van der Waals surface area contributed by atoms with Gasteiger partial charge >= 0.3 is 5.97 Å². The number of nitrogens with zero attached hydrogens (tertiary/aromatic N) is 1. The van der Waals surface area contributed by atoms with Crippen molar-refractivity contribution in [1.82, 2.24) is 0 Å². The Labute approximate surface area is 86.9 Å². The van der Waals surface area contributed by atoms with Crippen molar-refractivity contribution >= 4 is 23.6 Å². The van der Waals surface area contributed by atoms with Gasteiger partial charge in [-0.1, -0.05) is 18.2 Å². The first-order valence-corrected chi connectivity index (χ1v) is 4.28. The molecular formula is C10H11N3O2. The Morgan fingerprint density at radius 3 is 2.73 bits per heavy atom. The van der Waals surface area contributed by atoms with Gasteiger partial charge in [0.05, 0.1) is 11.9 Å². The van der Waals surface area contributed by atoms with Crippen molar-refractivity contribution in [3.63, 3.8) is 0 Å². The number of hydrazone groups is 1. The minimum Gasteiger partial charge on any atom is -0.476 e. The minimum absolute atomic E-state index is 0.335. The molecule has 3 N–H and O–H groups in total. The van der Waals surface area contributed by atoms with E-state index in [1.54, 1.807) is 6.07 Å². The monoisotopic (exact) mass is 205 g/mol. The Kier molecular flexibility index (Phi) is 3.56. The zero-order valence-corrected chi connectivity index (χ0v) is 8.19. The predicted octanol–water partition coefficient (Wildman–Crippen LogP) is 1.50. The Morgan fingerprint density at radius 2 is 2.20 bits per heavy atom. The highest BCUT2D eigenvalue weighted by Gasteiger charge is 2.05. The van der Waals surface area contributed by atoms with E-state index in [1.807, 2.05) is 25.1 Å². The third-order valence-electron chi connectivity index (χ3n) is 1.80. The molecular weight excluding hydrogens is 194 g/mol. The van der Waals surface area contributed by atoms with Crippen molar-refractivity contribution < 1.29 is 9.90 Å². The number of carbonyl (C=O) groups is 1. The van der Waals surface area contributed by atoms with Crippen molar-refractivity contribution in [3.8, 4) is 0 Å². The number of aliphatic carboxylic acids is 1. The van der Waals surface area contributed by atoms with Crippen LogP contribution >= 0.6 is 0 Å².